The van der Waals surface area contributed by atoms with Gasteiger partial charge in [-0.1, -0.05) is 39.5 Å². The molecule has 0 amide bonds. The molecule has 0 aromatic heterocycles. The lowest BCUT2D eigenvalue weighted by molar-refractivity contribution is 0.279. The van der Waals surface area contributed by atoms with Crippen LogP contribution in [-0.4, -0.2) is 37.6 Å². The zero-order valence-electron chi connectivity index (χ0n) is 12.7. The number of unbranched alkanes of at least 4 members (excludes halogenated alkanes) is 3. The predicted octanol–water partition coefficient (Wildman–Crippen LogP) is 3.67. The van der Waals surface area contributed by atoms with E-state index in [0.717, 1.165) is 5.92 Å². The van der Waals surface area contributed by atoms with Gasteiger partial charge in [-0.05, 0) is 51.2 Å². The molecule has 0 aromatic carbocycles. The maximum atomic E-state index is 3.60. The predicted molar refractivity (Wildman–Crippen MR) is 81.1 cm³/mol. The zero-order valence-corrected chi connectivity index (χ0v) is 12.7. The van der Waals surface area contributed by atoms with Crippen LogP contribution in [0, 0.1) is 5.92 Å². The van der Waals surface area contributed by atoms with Gasteiger partial charge in [-0.3, -0.25) is 0 Å². The molecule has 18 heavy (non-hydrogen) atoms. The second-order valence-corrected chi connectivity index (χ2v) is 5.86. The van der Waals surface area contributed by atoms with Gasteiger partial charge in [-0.15, -0.1) is 0 Å². The summed E-state index contributed by atoms with van der Waals surface area (Å²) >= 11 is 0. The molecule has 1 aliphatic heterocycles. The SMILES string of the molecule is CCCCCCNCCN1CCCC(CC)CC1. The van der Waals surface area contributed by atoms with Crippen molar-refractivity contribution in [1.29, 1.82) is 0 Å². The van der Waals surface area contributed by atoms with Crippen molar-refractivity contribution in [3.05, 3.63) is 0 Å². The first-order valence-corrected chi connectivity index (χ1v) is 8.29. The van der Waals surface area contributed by atoms with Crippen molar-refractivity contribution in [3.63, 3.8) is 0 Å². The Kier molecular flexibility index (Phi) is 9.59. The summed E-state index contributed by atoms with van der Waals surface area (Å²) in [4.78, 5) is 2.66. The Hall–Kier alpha value is -0.0800. The van der Waals surface area contributed by atoms with Crippen molar-refractivity contribution in [3.8, 4) is 0 Å². The van der Waals surface area contributed by atoms with Crippen molar-refractivity contribution < 1.29 is 0 Å². The summed E-state index contributed by atoms with van der Waals surface area (Å²) in [5.74, 6) is 0.997. The Morgan fingerprint density at radius 3 is 2.67 bits per heavy atom. The zero-order chi connectivity index (χ0) is 13.1. The molecule has 1 rings (SSSR count). The van der Waals surface area contributed by atoms with Gasteiger partial charge in [0.15, 0.2) is 0 Å². The minimum absolute atomic E-state index is 0.997. The third-order valence-corrected chi connectivity index (χ3v) is 4.33. The van der Waals surface area contributed by atoms with Gasteiger partial charge in [-0.2, -0.15) is 0 Å². The summed E-state index contributed by atoms with van der Waals surface area (Å²) < 4.78 is 0. The van der Waals surface area contributed by atoms with Gasteiger partial charge in [0.1, 0.15) is 0 Å². The quantitative estimate of drug-likeness (QED) is 0.632. The fourth-order valence-corrected chi connectivity index (χ4v) is 2.90. The number of hydrogen-bond acceptors (Lipinski definition) is 2. The third kappa shape index (κ3) is 7.38. The van der Waals surface area contributed by atoms with Crippen molar-refractivity contribution in [2.75, 3.05) is 32.7 Å². The van der Waals surface area contributed by atoms with Gasteiger partial charge in [0.25, 0.3) is 0 Å². The average Bonchev–Trinajstić information content (AvgIpc) is 2.63. The molecular formula is C16H34N2. The Morgan fingerprint density at radius 2 is 1.89 bits per heavy atom. The number of nitrogens with zero attached hydrogens (tertiary/aromatic N) is 1. The molecule has 0 saturated carbocycles. The normalized spacial score (nSPS) is 22.0. The van der Waals surface area contributed by atoms with Gasteiger partial charge in [0.2, 0.25) is 0 Å². The van der Waals surface area contributed by atoms with Crippen LogP contribution in [0.5, 0.6) is 0 Å². The summed E-state index contributed by atoms with van der Waals surface area (Å²) in [7, 11) is 0. The van der Waals surface area contributed by atoms with Crippen molar-refractivity contribution in [1.82, 2.24) is 10.2 Å². The summed E-state index contributed by atoms with van der Waals surface area (Å²) in [5.41, 5.74) is 0. The second-order valence-electron chi connectivity index (χ2n) is 5.86. The molecule has 1 unspecified atom stereocenters. The maximum absolute atomic E-state index is 3.60. The number of nitrogens with one attached hydrogen (secondary N) is 1. The van der Waals surface area contributed by atoms with Gasteiger partial charge in [-0.25, -0.2) is 0 Å². The molecule has 1 atom stereocenters. The maximum Gasteiger partial charge on any atom is 0.0107 e. The lowest BCUT2D eigenvalue weighted by atomic mass is 9.98. The van der Waals surface area contributed by atoms with E-state index in [1.165, 1.54) is 84.1 Å². The van der Waals surface area contributed by atoms with E-state index >= 15 is 0 Å². The number of hydrogen-bond donors (Lipinski definition) is 1. The van der Waals surface area contributed by atoms with E-state index < -0.39 is 0 Å². The molecule has 2 nitrogen and oxygen atoms in total. The van der Waals surface area contributed by atoms with Crippen LogP contribution in [0.15, 0.2) is 0 Å². The Morgan fingerprint density at radius 1 is 1.00 bits per heavy atom. The minimum atomic E-state index is 0.997. The van der Waals surface area contributed by atoms with Crippen LogP contribution in [0.25, 0.3) is 0 Å². The van der Waals surface area contributed by atoms with Crippen LogP contribution >= 0.6 is 0 Å². The van der Waals surface area contributed by atoms with E-state index in [1.54, 1.807) is 0 Å². The highest BCUT2D eigenvalue weighted by atomic mass is 15.1. The molecule has 0 spiro atoms. The summed E-state index contributed by atoms with van der Waals surface area (Å²) in [6, 6.07) is 0. The van der Waals surface area contributed by atoms with Gasteiger partial charge >= 0.3 is 0 Å². The lowest BCUT2D eigenvalue weighted by Gasteiger charge is -2.20. The van der Waals surface area contributed by atoms with E-state index in [4.69, 9.17) is 0 Å². The van der Waals surface area contributed by atoms with E-state index in [2.05, 4.69) is 24.1 Å². The number of likely N-dealkylation sites (tertiary alicyclic amines) is 1. The monoisotopic (exact) mass is 254 g/mol. The Balaban J connectivity index is 1.95. The Labute approximate surface area is 115 Å². The fourth-order valence-electron chi connectivity index (χ4n) is 2.90. The van der Waals surface area contributed by atoms with Crippen LogP contribution in [0.2, 0.25) is 0 Å². The highest BCUT2D eigenvalue weighted by Gasteiger charge is 2.14. The van der Waals surface area contributed by atoms with E-state index in [0.29, 0.717) is 0 Å². The first-order valence-electron chi connectivity index (χ1n) is 8.29. The van der Waals surface area contributed by atoms with Crippen LogP contribution < -0.4 is 5.32 Å². The molecule has 1 fully saturated rings. The first-order chi connectivity index (χ1) is 8.86. The smallest absolute Gasteiger partial charge is 0.0107 e. The molecule has 1 aliphatic rings. The lowest BCUT2D eigenvalue weighted by Crippen LogP contribution is -2.33. The van der Waals surface area contributed by atoms with Crippen molar-refractivity contribution in [2.45, 2.75) is 65.2 Å². The number of rotatable bonds is 9. The van der Waals surface area contributed by atoms with Gasteiger partial charge < -0.3 is 10.2 Å². The molecule has 2 heteroatoms. The third-order valence-electron chi connectivity index (χ3n) is 4.33. The van der Waals surface area contributed by atoms with Crippen LogP contribution in [0.1, 0.15) is 65.2 Å². The summed E-state index contributed by atoms with van der Waals surface area (Å²) in [6.45, 7) is 10.9. The topological polar surface area (TPSA) is 15.3 Å². The molecule has 108 valence electrons. The van der Waals surface area contributed by atoms with E-state index in [-0.39, 0.29) is 0 Å². The fraction of sp³-hybridized carbons (Fsp3) is 1.00. The summed E-state index contributed by atoms with van der Waals surface area (Å²) in [6.07, 6.45) is 11.2. The summed E-state index contributed by atoms with van der Waals surface area (Å²) in [5, 5.41) is 3.60. The van der Waals surface area contributed by atoms with Crippen molar-refractivity contribution >= 4 is 0 Å². The Bertz CT molecular complexity index is 182. The molecule has 0 aliphatic carbocycles. The van der Waals surface area contributed by atoms with Gasteiger partial charge in [0.05, 0.1) is 0 Å². The molecular weight excluding hydrogens is 220 g/mol. The minimum Gasteiger partial charge on any atom is -0.315 e. The van der Waals surface area contributed by atoms with Crippen LogP contribution in [0.3, 0.4) is 0 Å². The van der Waals surface area contributed by atoms with E-state index in [9.17, 15) is 0 Å². The van der Waals surface area contributed by atoms with Crippen LogP contribution in [-0.2, 0) is 0 Å². The van der Waals surface area contributed by atoms with Gasteiger partial charge in [0, 0.05) is 13.1 Å². The second kappa shape index (κ2) is 10.8. The van der Waals surface area contributed by atoms with E-state index in [1.807, 2.05) is 0 Å². The van der Waals surface area contributed by atoms with Crippen LogP contribution in [0.4, 0.5) is 0 Å². The molecule has 1 saturated heterocycles. The highest BCUT2D eigenvalue weighted by molar-refractivity contribution is 4.69. The molecule has 0 radical (unpaired) electrons. The molecule has 1 N–H and O–H groups in total. The average molecular weight is 254 g/mol. The largest absolute Gasteiger partial charge is 0.315 e. The van der Waals surface area contributed by atoms with Crippen molar-refractivity contribution in [2.24, 2.45) is 5.92 Å². The standard InChI is InChI=1S/C16H34N2/c1-3-5-6-7-11-17-12-15-18-13-8-9-16(4-2)10-14-18/h16-17H,3-15H2,1-2H3. The molecule has 1 heterocycles. The molecule has 0 bridgehead atoms. The highest BCUT2D eigenvalue weighted by Crippen LogP contribution is 2.19. The first kappa shape index (κ1) is 16.0. The molecule has 0 aromatic rings.